The summed E-state index contributed by atoms with van der Waals surface area (Å²) < 4.78 is 62.1. The zero-order valence-corrected chi connectivity index (χ0v) is 85.4. The number of ether oxygens (including phenoxy) is 11. The van der Waals surface area contributed by atoms with Gasteiger partial charge >= 0.3 is 24.4 Å². The Morgan fingerprint density at radius 3 is 0.959 bits per heavy atom. The van der Waals surface area contributed by atoms with E-state index in [0.717, 1.165) is 117 Å². The van der Waals surface area contributed by atoms with E-state index in [-0.39, 0.29) is 50.9 Å². The van der Waals surface area contributed by atoms with Crippen molar-refractivity contribution >= 4 is 161 Å². The summed E-state index contributed by atoms with van der Waals surface area (Å²) in [6, 6.07) is 78.1. The molecule has 9 heterocycles. The largest absolute Gasteiger partial charge is 0.497 e. The van der Waals surface area contributed by atoms with Crippen molar-refractivity contribution in [2.45, 2.75) is 69.5 Å². The van der Waals surface area contributed by atoms with Crippen LogP contribution in [0.3, 0.4) is 0 Å². The molecule has 0 bridgehead atoms. The number of amides is 6. The van der Waals surface area contributed by atoms with Crippen molar-refractivity contribution in [1.82, 2.24) is 39.5 Å². The molecule has 36 heteroatoms. The van der Waals surface area contributed by atoms with Gasteiger partial charge in [0.1, 0.15) is 70.2 Å². The minimum absolute atomic E-state index is 0.157. The lowest BCUT2D eigenvalue weighted by Gasteiger charge is -2.35. The number of hydrogen-bond donors (Lipinski definition) is 8. The van der Waals surface area contributed by atoms with Gasteiger partial charge in [-0.15, -0.1) is 0 Å². The molecule has 0 radical (unpaired) electrons. The number of fused-ring (bicyclic) bond motifs is 12. The number of nitrogens with zero attached hydrogens (tertiary/aromatic N) is 4. The summed E-state index contributed by atoms with van der Waals surface area (Å²) in [4.78, 5) is 96.6. The van der Waals surface area contributed by atoms with Crippen LogP contribution in [0.1, 0.15) is 105 Å². The Labute approximate surface area is 885 Å². The number of aromatic nitrogens is 4. The van der Waals surface area contributed by atoms with Crippen LogP contribution < -0.4 is 54.1 Å². The quantitative estimate of drug-likeness (QED) is 0.0295. The highest BCUT2D eigenvalue weighted by Crippen LogP contribution is 2.47. The molecule has 4 aromatic heterocycles. The van der Waals surface area contributed by atoms with Crippen LogP contribution in [0.15, 0.2) is 267 Å². The fourth-order valence-electron chi connectivity index (χ4n) is 18.7. The minimum Gasteiger partial charge on any atom is -0.497 e. The van der Waals surface area contributed by atoms with E-state index in [1.807, 2.05) is 159 Å². The molecule has 2 unspecified atom stereocenters. The summed E-state index contributed by atoms with van der Waals surface area (Å²) in [6.07, 6.45) is 0.700. The fourth-order valence-corrected chi connectivity index (χ4v) is 19.8. The van der Waals surface area contributed by atoms with E-state index in [1.165, 1.54) is 0 Å². The minimum atomic E-state index is -0.559. The van der Waals surface area contributed by atoms with Crippen LogP contribution in [0.5, 0.6) is 51.7 Å². The van der Waals surface area contributed by atoms with E-state index >= 15 is 0 Å². The molecule has 29 nitrogen and oxygen atoms in total. The number of H-pyrrole nitrogens is 4. The van der Waals surface area contributed by atoms with Gasteiger partial charge in [0.2, 0.25) is 0 Å². The Balaban J connectivity index is 0.000000129. The van der Waals surface area contributed by atoms with Gasteiger partial charge in [0.25, 0.3) is 11.8 Å². The van der Waals surface area contributed by atoms with Gasteiger partial charge < -0.3 is 93.7 Å². The first-order valence-corrected chi connectivity index (χ1v) is 50.2. The zero-order chi connectivity index (χ0) is 104. The lowest BCUT2D eigenvalue weighted by molar-refractivity contribution is -0.264. The molecule has 4 atom stereocenters. The molecule has 12 aromatic carbocycles. The van der Waals surface area contributed by atoms with E-state index in [4.69, 9.17) is 145 Å². The number of rotatable bonds is 23. The third-order valence-electron chi connectivity index (χ3n) is 26.0. The van der Waals surface area contributed by atoms with Crippen molar-refractivity contribution in [3.05, 3.63) is 369 Å². The highest BCUT2D eigenvalue weighted by molar-refractivity contribution is 6.33. The first-order valence-electron chi connectivity index (χ1n) is 47.6. The topological polar surface area (TPSA) is 373 Å². The Morgan fingerprint density at radius 2 is 0.649 bits per heavy atom. The molecule has 21 rings (SSSR count). The number of carbonyl (C=O) groups excluding carboxylic acids is 6. The predicted octanol–water partition coefficient (Wildman–Crippen LogP) is 23.3. The Kier molecular flexibility index (Phi) is 32.5. The summed E-state index contributed by atoms with van der Waals surface area (Å²) in [5.41, 5.74) is 25.8. The average Bonchev–Trinajstić information content (AvgIpc) is 1.61. The highest BCUT2D eigenvalue weighted by atomic mass is 35.5. The monoisotopic (exact) mass is 2130 g/mol. The van der Waals surface area contributed by atoms with E-state index < -0.39 is 60.1 Å². The molecule has 16 aromatic rings. The van der Waals surface area contributed by atoms with Gasteiger partial charge in [-0.3, -0.25) is 29.2 Å². The number of primary amides is 2. The Hall–Kier alpha value is -14.3. The third kappa shape index (κ3) is 24.2. The SMILES string of the molecule is CC1(C)OCC(COc2ccc([C@H]3c4[nH]c5ccc(Cl)cc5c4CCN3C(=O)Oc3ccc(Cl)cc3)cc2)CO1.COc1ccc(OC(=O)N2CCc3c([nH]c4ccc(Cl)cc34)C2c2ccc(OCC(N)=O)cc2)cc1.NC(=O)COc1ccc(C2c3[nH]c4ccc(Cl)cc4c3CCN2C(=O)Oc2ccccc2Cl)cc1.O=C(Oc1ccc(Cl)cc1)N1CCc2c([nH]c3ccc(Cl)cc23)[C@@H]1c1ccc(OCC(CO)CO)cc1. The van der Waals surface area contributed by atoms with Crippen molar-refractivity contribution in [2.75, 3.05) is 86.1 Å². The summed E-state index contributed by atoms with van der Waals surface area (Å²) in [6.45, 7) is 6.77. The van der Waals surface area contributed by atoms with Crippen LogP contribution >= 0.6 is 81.2 Å². The number of carbonyl (C=O) groups is 6. The van der Waals surface area contributed by atoms with E-state index in [9.17, 15) is 39.0 Å². The summed E-state index contributed by atoms with van der Waals surface area (Å²) in [5.74, 6) is 2.72. The zero-order valence-electron chi connectivity index (χ0n) is 80.1. The molecule has 0 spiro atoms. The average molecular weight is 2140 g/mol. The molecule has 6 amide bonds. The third-order valence-corrected chi connectivity index (χ3v) is 27.8. The molecule has 10 N–H and O–H groups in total. The highest BCUT2D eigenvalue weighted by Gasteiger charge is 2.42. The van der Waals surface area contributed by atoms with Crippen molar-refractivity contribution in [1.29, 1.82) is 0 Å². The second-order valence-electron chi connectivity index (χ2n) is 36.2. The van der Waals surface area contributed by atoms with Gasteiger partial charge in [-0.2, -0.15) is 0 Å². The normalized spacial score (nSPS) is 16.1. The van der Waals surface area contributed by atoms with Crippen LogP contribution in [-0.4, -0.2) is 178 Å². The number of halogens is 7. The van der Waals surface area contributed by atoms with Gasteiger partial charge in [0, 0.05) is 135 Å². The maximum absolute atomic E-state index is 13.5. The molecular formula is C112H101Cl7N10O19. The first kappa shape index (κ1) is 104. The molecule has 5 aliphatic heterocycles. The molecular weight excluding hydrogens is 2040 g/mol. The molecule has 5 aliphatic rings. The number of aliphatic hydroxyl groups excluding tert-OH is 2. The van der Waals surface area contributed by atoms with Crippen LogP contribution in [-0.2, 0) is 44.7 Å². The van der Waals surface area contributed by atoms with Crippen LogP contribution in [0.4, 0.5) is 19.2 Å². The van der Waals surface area contributed by atoms with E-state index in [1.54, 1.807) is 148 Å². The maximum Gasteiger partial charge on any atom is 0.416 e. The van der Waals surface area contributed by atoms with Crippen LogP contribution in [0.25, 0.3) is 43.6 Å². The Morgan fingerprint density at radius 1 is 0.365 bits per heavy atom. The number of aliphatic hydroxyl groups is 2. The lowest BCUT2D eigenvalue weighted by Crippen LogP contribution is -2.42. The number of benzene rings is 12. The van der Waals surface area contributed by atoms with Crippen LogP contribution in [0, 0.1) is 11.8 Å². The Bertz CT molecular complexity index is 7490. The molecule has 762 valence electrons. The standard InChI is InChI=1S/C31H30Cl2N2O5.C28H26Cl2N2O5.C27H24ClN3O5.C26H21Cl2N3O4/c1-31(2)38-17-19(18-39-31)16-37-23-8-3-20(4-9-23)29-28-25(26-15-22(33)7-12-27(26)34-28)13-14-35(29)30(36)40-24-10-5-21(32)6-11-24;29-19-3-8-22(9-4-19)37-28(35)32-12-11-23-24-13-20(30)5-10-25(24)31-26(23)27(32)18-1-6-21(7-2-18)36-16-17(14-33)15-34;1-34-18-7-9-20(10-8-18)36-27(33)31-13-12-21-22-14-17(28)4-11-23(22)30-25(21)26(31)16-2-5-19(6-3-16)35-15-24(29)32;27-16-7-10-21-19(13-16)18-11-12-31(26(33)35-22-4-2-1-3-20(22)28)25(24(18)30-21)15-5-8-17(9-6-15)34-14-23(29)32/h3-12,15,19,29,34H,13-14,16-18H2,1-2H3;1-10,13,17,27,31,33-34H,11-12,14-16H2;2-11,14,26,30H,12-13,15H2,1H3,(H2,29,32);1-10,13,25,30H,11-12,14H2,(H2,29,32)/t29-;27-;;/m00../s1. The molecule has 148 heavy (non-hydrogen) atoms. The molecule has 0 aliphatic carbocycles. The number of aromatic amines is 4. The van der Waals surface area contributed by atoms with Gasteiger partial charge in [-0.25, -0.2) is 19.2 Å². The molecule has 0 saturated carbocycles. The van der Waals surface area contributed by atoms with Crippen molar-refractivity contribution in [3.63, 3.8) is 0 Å². The second kappa shape index (κ2) is 46.4. The second-order valence-corrected chi connectivity index (χ2v) is 39.3. The van der Waals surface area contributed by atoms with Crippen LogP contribution in [0.2, 0.25) is 35.2 Å². The maximum atomic E-state index is 13.5. The predicted molar refractivity (Wildman–Crippen MR) is 567 cm³/mol. The number of nitrogens with two attached hydrogens (primary N) is 2. The number of nitrogens with one attached hydrogen (secondary N) is 4. The van der Waals surface area contributed by atoms with Gasteiger partial charge in [0.15, 0.2) is 24.8 Å². The van der Waals surface area contributed by atoms with E-state index in [2.05, 4.69) is 19.9 Å². The number of methoxy groups -OCH3 is 1. The lowest BCUT2D eigenvalue weighted by atomic mass is 9.92. The molecule has 1 saturated heterocycles. The summed E-state index contributed by atoms with van der Waals surface area (Å²) in [5, 5.41) is 26.8. The van der Waals surface area contributed by atoms with Crippen molar-refractivity contribution < 1.29 is 91.1 Å². The summed E-state index contributed by atoms with van der Waals surface area (Å²) >= 11 is 43.4. The smallest absolute Gasteiger partial charge is 0.416 e. The van der Waals surface area contributed by atoms with Gasteiger partial charge in [-0.1, -0.05) is 142 Å². The number of hydrogen-bond acceptors (Lipinski definition) is 19. The van der Waals surface area contributed by atoms with E-state index in [0.29, 0.717) is 153 Å². The van der Waals surface area contributed by atoms with Gasteiger partial charge in [-0.05, 0) is 290 Å². The summed E-state index contributed by atoms with van der Waals surface area (Å²) in [7, 11) is 1.58. The fraction of sp³-hybridized carbons (Fsp3) is 0.232. The van der Waals surface area contributed by atoms with Gasteiger partial charge in [0.05, 0.1) is 51.8 Å². The number of para-hydroxylation sites is 1. The molecule has 1 fully saturated rings. The first-order chi connectivity index (χ1) is 71.5. The van der Waals surface area contributed by atoms with Crippen molar-refractivity contribution in [3.8, 4) is 51.7 Å². The van der Waals surface area contributed by atoms with Crippen molar-refractivity contribution in [2.24, 2.45) is 23.3 Å².